The summed E-state index contributed by atoms with van der Waals surface area (Å²) in [6, 6.07) is 5.52. The maximum atomic E-state index is 10.2. The number of aliphatic hydroxyl groups is 1. The third-order valence-corrected chi connectivity index (χ3v) is 4.06. The Morgan fingerprint density at radius 3 is 3.00 bits per heavy atom. The molecule has 0 amide bonds. The van der Waals surface area contributed by atoms with Gasteiger partial charge in [0.1, 0.15) is 17.6 Å². The van der Waals surface area contributed by atoms with Crippen molar-refractivity contribution in [1.29, 1.82) is 0 Å². The summed E-state index contributed by atoms with van der Waals surface area (Å²) in [6.07, 6.45) is 2.09. The molecular formula is C14H12BrClO3. The van der Waals surface area contributed by atoms with Gasteiger partial charge in [0.2, 0.25) is 0 Å². The van der Waals surface area contributed by atoms with E-state index in [9.17, 15) is 5.11 Å². The van der Waals surface area contributed by atoms with E-state index < -0.39 is 6.10 Å². The van der Waals surface area contributed by atoms with Crippen LogP contribution in [-0.4, -0.2) is 11.7 Å². The topological polar surface area (TPSA) is 42.6 Å². The molecule has 0 aliphatic carbocycles. The SMILES string of the molecule is OC(Cc1cc(Cl)cc2c1OCC2)c1occc1Br. The lowest BCUT2D eigenvalue weighted by Crippen LogP contribution is -2.03. The minimum Gasteiger partial charge on any atom is -0.493 e. The van der Waals surface area contributed by atoms with Crippen molar-refractivity contribution in [3.05, 3.63) is 50.8 Å². The molecule has 1 N–H and O–H groups in total. The molecule has 2 aromatic rings. The number of benzene rings is 1. The van der Waals surface area contributed by atoms with Crippen molar-refractivity contribution < 1.29 is 14.3 Å². The highest BCUT2D eigenvalue weighted by Gasteiger charge is 2.22. The minimum atomic E-state index is -0.726. The molecule has 0 fully saturated rings. The fraction of sp³-hybridized carbons (Fsp3) is 0.286. The molecular weight excluding hydrogens is 332 g/mol. The van der Waals surface area contributed by atoms with Gasteiger partial charge in [-0.1, -0.05) is 11.6 Å². The summed E-state index contributed by atoms with van der Waals surface area (Å²) < 4.78 is 11.7. The second-order valence-electron chi connectivity index (χ2n) is 4.50. The maximum Gasteiger partial charge on any atom is 0.146 e. The molecule has 0 radical (unpaired) electrons. The normalized spacial score (nSPS) is 15.1. The van der Waals surface area contributed by atoms with Gasteiger partial charge in [-0.2, -0.15) is 0 Å². The zero-order chi connectivity index (χ0) is 13.4. The Hall–Kier alpha value is -0.970. The van der Waals surface area contributed by atoms with Crippen molar-refractivity contribution in [1.82, 2.24) is 0 Å². The lowest BCUT2D eigenvalue weighted by atomic mass is 10.0. The molecule has 0 bridgehead atoms. The van der Waals surface area contributed by atoms with Crippen LogP contribution in [0.25, 0.3) is 0 Å². The molecule has 0 saturated heterocycles. The number of halogens is 2. The Morgan fingerprint density at radius 1 is 1.42 bits per heavy atom. The Morgan fingerprint density at radius 2 is 2.26 bits per heavy atom. The fourth-order valence-corrected chi connectivity index (χ4v) is 3.07. The maximum absolute atomic E-state index is 10.2. The molecule has 1 aliphatic rings. The van der Waals surface area contributed by atoms with Crippen LogP contribution in [0.5, 0.6) is 5.75 Å². The second kappa shape index (κ2) is 5.19. The van der Waals surface area contributed by atoms with Crippen molar-refractivity contribution in [3.63, 3.8) is 0 Å². The molecule has 1 aliphatic heterocycles. The van der Waals surface area contributed by atoms with E-state index in [2.05, 4.69) is 15.9 Å². The number of rotatable bonds is 3. The van der Waals surface area contributed by atoms with Crippen molar-refractivity contribution in [2.24, 2.45) is 0 Å². The number of aliphatic hydroxyl groups excluding tert-OH is 1. The summed E-state index contributed by atoms with van der Waals surface area (Å²) in [4.78, 5) is 0. The van der Waals surface area contributed by atoms with E-state index in [0.717, 1.165) is 27.8 Å². The van der Waals surface area contributed by atoms with E-state index >= 15 is 0 Å². The van der Waals surface area contributed by atoms with Crippen molar-refractivity contribution in [3.8, 4) is 5.75 Å². The Labute approximate surface area is 124 Å². The average molecular weight is 344 g/mol. The lowest BCUT2D eigenvalue weighted by Gasteiger charge is -2.12. The Kier molecular flexibility index (Phi) is 3.56. The van der Waals surface area contributed by atoms with Crippen molar-refractivity contribution >= 4 is 27.5 Å². The van der Waals surface area contributed by atoms with E-state index in [1.165, 1.54) is 0 Å². The first-order valence-electron chi connectivity index (χ1n) is 6.00. The van der Waals surface area contributed by atoms with Gasteiger partial charge in [-0.05, 0) is 45.3 Å². The van der Waals surface area contributed by atoms with Gasteiger partial charge in [0.05, 0.1) is 17.3 Å². The van der Waals surface area contributed by atoms with Crippen LogP contribution in [-0.2, 0) is 12.8 Å². The number of fused-ring (bicyclic) bond motifs is 1. The number of ether oxygens (including phenoxy) is 1. The summed E-state index contributed by atoms with van der Waals surface area (Å²) in [6.45, 7) is 0.670. The van der Waals surface area contributed by atoms with E-state index in [4.69, 9.17) is 20.8 Å². The monoisotopic (exact) mass is 342 g/mol. The highest BCUT2D eigenvalue weighted by atomic mass is 79.9. The molecule has 1 aromatic carbocycles. The first-order chi connectivity index (χ1) is 9.15. The van der Waals surface area contributed by atoms with Crippen molar-refractivity contribution in [2.75, 3.05) is 6.61 Å². The fourth-order valence-electron chi connectivity index (χ4n) is 2.34. The number of hydrogen-bond donors (Lipinski definition) is 1. The molecule has 3 rings (SSSR count). The Bertz CT molecular complexity index is 609. The van der Waals surface area contributed by atoms with Crippen LogP contribution in [0.3, 0.4) is 0 Å². The highest BCUT2D eigenvalue weighted by molar-refractivity contribution is 9.10. The molecule has 100 valence electrons. The summed E-state index contributed by atoms with van der Waals surface area (Å²) in [7, 11) is 0. The molecule has 19 heavy (non-hydrogen) atoms. The Balaban J connectivity index is 1.90. The molecule has 0 spiro atoms. The van der Waals surface area contributed by atoms with Gasteiger partial charge in [-0.25, -0.2) is 0 Å². The molecule has 3 nitrogen and oxygen atoms in total. The van der Waals surface area contributed by atoms with Gasteiger partial charge in [-0.15, -0.1) is 0 Å². The van der Waals surface area contributed by atoms with Crippen LogP contribution < -0.4 is 4.74 Å². The van der Waals surface area contributed by atoms with E-state index in [1.54, 1.807) is 12.3 Å². The molecule has 0 saturated carbocycles. The summed E-state index contributed by atoms with van der Waals surface area (Å²) in [5, 5.41) is 10.9. The molecule has 1 unspecified atom stereocenters. The number of hydrogen-bond acceptors (Lipinski definition) is 3. The summed E-state index contributed by atoms with van der Waals surface area (Å²) >= 11 is 9.44. The summed E-state index contributed by atoms with van der Waals surface area (Å²) in [5.41, 5.74) is 2.02. The zero-order valence-corrected chi connectivity index (χ0v) is 12.4. The lowest BCUT2D eigenvalue weighted by molar-refractivity contribution is 0.148. The van der Waals surface area contributed by atoms with Gasteiger partial charge >= 0.3 is 0 Å². The number of furan rings is 1. The van der Waals surface area contributed by atoms with E-state index in [-0.39, 0.29) is 0 Å². The van der Waals surface area contributed by atoms with Gasteiger partial charge in [0, 0.05) is 17.9 Å². The first kappa shape index (κ1) is 13.0. The van der Waals surface area contributed by atoms with Gasteiger partial charge in [0.15, 0.2) is 0 Å². The van der Waals surface area contributed by atoms with Crippen LogP contribution in [0.4, 0.5) is 0 Å². The third kappa shape index (κ3) is 2.53. The van der Waals surface area contributed by atoms with Crippen LogP contribution in [0, 0.1) is 0 Å². The van der Waals surface area contributed by atoms with Crippen LogP contribution in [0.15, 0.2) is 33.4 Å². The smallest absolute Gasteiger partial charge is 0.146 e. The second-order valence-corrected chi connectivity index (χ2v) is 5.80. The van der Waals surface area contributed by atoms with Gasteiger partial charge < -0.3 is 14.3 Å². The molecule has 5 heteroatoms. The van der Waals surface area contributed by atoms with Gasteiger partial charge in [0.25, 0.3) is 0 Å². The highest BCUT2D eigenvalue weighted by Crippen LogP contribution is 2.36. The summed E-state index contributed by atoms with van der Waals surface area (Å²) in [5.74, 6) is 1.37. The zero-order valence-electron chi connectivity index (χ0n) is 10.0. The predicted molar refractivity (Wildman–Crippen MR) is 75.7 cm³/mol. The standard InChI is InChI=1S/C14H12BrClO3/c15-11-2-4-19-14(11)12(17)7-9-6-10(16)5-8-1-3-18-13(8)9/h2,4-6,12,17H,1,3,7H2. The van der Waals surface area contributed by atoms with E-state index in [0.29, 0.717) is 23.8 Å². The molecule has 2 heterocycles. The van der Waals surface area contributed by atoms with Gasteiger partial charge in [-0.3, -0.25) is 0 Å². The quantitative estimate of drug-likeness (QED) is 0.919. The average Bonchev–Trinajstić information content (AvgIpc) is 2.97. The molecule has 1 atom stereocenters. The van der Waals surface area contributed by atoms with Crippen LogP contribution in [0.1, 0.15) is 23.0 Å². The largest absolute Gasteiger partial charge is 0.493 e. The van der Waals surface area contributed by atoms with Crippen LogP contribution in [0.2, 0.25) is 5.02 Å². The van der Waals surface area contributed by atoms with Crippen molar-refractivity contribution in [2.45, 2.75) is 18.9 Å². The minimum absolute atomic E-state index is 0.412. The van der Waals surface area contributed by atoms with E-state index in [1.807, 2.05) is 12.1 Å². The first-order valence-corrected chi connectivity index (χ1v) is 7.17. The molecule has 1 aromatic heterocycles. The predicted octanol–water partition coefficient (Wildman–Crippen LogP) is 3.91. The van der Waals surface area contributed by atoms with Crippen LogP contribution >= 0.6 is 27.5 Å². The third-order valence-electron chi connectivity index (χ3n) is 3.19.